The van der Waals surface area contributed by atoms with Crippen LogP contribution in [0.3, 0.4) is 0 Å². The number of ketones is 1. The number of fused-ring (bicyclic) bond motifs is 1. The highest BCUT2D eigenvalue weighted by Crippen LogP contribution is 2.28. The number of amides is 13. The topological polar surface area (TPSA) is 577 Å². The Labute approximate surface area is 782 Å². The molecule has 2 aliphatic heterocycles. The van der Waals surface area contributed by atoms with Gasteiger partial charge in [-0.2, -0.15) is 0 Å². The Hall–Kier alpha value is -13.2. The second kappa shape index (κ2) is 51.9. The monoisotopic (exact) mass is 1900 g/mol. The number of aromatic hydroxyl groups is 1. The second-order valence-electron chi connectivity index (χ2n) is 34.0. The molecule has 0 spiro atoms. The van der Waals surface area contributed by atoms with E-state index in [-0.39, 0.29) is 81.6 Å². The number of nitrogens with zero attached hydrogens (tertiary/aromatic N) is 5. The second-order valence-corrected chi connectivity index (χ2v) is 35.0. The molecule has 2 fully saturated rings. The number of likely N-dealkylation sites (tertiary alicyclic amines) is 2. The molecular formula is C93H120F3N17O21S. The Balaban J connectivity index is 1.04. The molecule has 135 heavy (non-hydrogen) atoms. The highest BCUT2D eigenvalue weighted by Gasteiger charge is 2.46. The van der Waals surface area contributed by atoms with Gasteiger partial charge in [0.25, 0.3) is 0 Å². The number of carboxylic acids is 2. The number of nitrogens with two attached hydrogens (primary N) is 3. The third kappa shape index (κ3) is 31.2. The number of aliphatic hydroxyl groups is 1. The van der Waals surface area contributed by atoms with Crippen molar-refractivity contribution in [3.8, 4) is 5.75 Å². The molecule has 0 bridgehead atoms. The molecule has 13 amide bonds. The molecule has 2 saturated heterocycles. The SMILES string of the molecule is CCCC[C@@H](C(=O)N1CCC[C@@H]1C(=O)N[C@H](C=O)CC(=O)O)N(C)C(=O)[C@H](Cc1ccccc1)N(C)C(=O)[C@H](Cc1cc(F)c(F)c(F)c1)NC(=O)CSC[C@H](NC(=O)[C@H](CCCN)NC(=O)[C@H](Cc1ccc(O)cc1)NC(=O)[C@H](Cc1c[nH]c2ccccc12)NC(=O)[C@H]1C[C@H](O)CN1C(=O)[C@H](CCC(=O)O)NCC(=O)[C@H](Cc1ccccc1)N(C)C(=O)[C@@H](N)C(C)C)C(=O)NCC(N)=O. The van der Waals surface area contributed by atoms with E-state index < -0.39 is 266 Å². The number of aromatic nitrogens is 1. The molecule has 2 aliphatic rings. The zero-order chi connectivity index (χ0) is 99.0. The summed E-state index contributed by atoms with van der Waals surface area (Å²) < 4.78 is 44.8. The number of benzene rings is 5. The third-order valence-electron chi connectivity index (χ3n) is 23.6. The van der Waals surface area contributed by atoms with E-state index in [9.17, 15) is 82.4 Å². The quantitative estimate of drug-likeness (QED) is 0.0182. The van der Waals surface area contributed by atoms with Crippen LogP contribution in [-0.4, -0.2) is 301 Å². The minimum Gasteiger partial charge on any atom is -0.508 e. The molecule has 5 aromatic carbocycles. The first-order valence-electron chi connectivity index (χ1n) is 44.4. The fourth-order valence-corrected chi connectivity index (χ4v) is 16.9. The number of thioether (sulfide) groups is 1. The lowest BCUT2D eigenvalue weighted by atomic mass is 9.98. The van der Waals surface area contributed by atoms with E-state index in [4.69, 9.17) is 17.2 Å². The van der Waals surface area contributed by atoms with Gasteiger partial charge in [-0.15, -0.1) is 11.8 Å². The van der Waals surface area contributed by atoms with E-state index in [1.54, 1.807) is 105 Å². The van der Waals surface area contributed by atoms with Crippen molar-refractivity contribution >= 4 is 123 Å². The van der Waals surface area contributed by atoms with Crippen LogP contribution >= 0.6 is 11.8 Å². The van der Waals surface area contributed by atoms with Crippen LogP contribution in [0, 0.1) is 23.4 Å². The number of aliphatic hydroxyl groups excluding tert-OH is 1. The number of halogens is 3. The van der Waals surface area contributed by atoms with Crippen molar-refractivity contribution in [1.82, 2.24) is 72.0 Å². The van der Waals surface area contributed by atoms with Gasteiger partial charge in [0.15, 0.2) is 23.2 Å². The average Bonchev–Trinajstić information content (AvgIpc) is 1.78. The predicted octanol–water partition coefficient (Wildman–Crippen LogP) is 0.459. The van der Waals surface area contributed by atoms with Gasteiger partial charge in [0, 0.05) is 95.6 Å². The normalized spacial score (nSPS) is 16.6. The zero-order valence-electron chi connectivity index (χ0n) is 75.9. The van der Waals surface area contributed by atoms with Crippen molar-refractivity contribution in [1.29, 1.82) is 0 Å². The molecule has 0 radical (unpaired) electrons. The van der Waals surface area contributed by atoms with Crippen LogP contribution in [0.4, 0.5) is 13.2 Å². The number of aliphatic carboxylic acids is 2. The average molecular weight is 1900 g/mol. The molecule has 0 unspecified atom stereocenters. The molecule has 730 valence electrons. The standard InChI is InChI=1S/C93H120F3N17O21S/c1-7-8-26-72(92(133)112-35-18-27-71(112)87(128)103-58(49-114)43-80(122)123)109(4)91(132)75(41-54-21-13-10-14-22-54)111(6)89(130)69(39-56-36-62(94)81(96)63(95)37-56)104-78(119)51-135-50-70(83(124)102-47-77(98)118)108-84(125)65(25-17-34-97)105-85(126)67(38-55-28-30-59(115)31-29-55)106-86(127)68(42-57-45-100-64-24-16-15-23-61(57)64)107-88(129)74-44-60(116)48-113(74)90(131)66(32-33-79(120)121)101-46-76(117)73(40-53-19-11-9-12-20-53)110(5)93(134)82(99)52(2)3/h9-16,19-24,28-31,36-37,45,49,52,58,60,65-75,82,100-101,115-116H,7-8,17-18,25-27,32-35,38-44,46-48,50-51,97,99H2,1-6H3,(H2,98,118)(H,102,124)(H,103,128)(H,104,119)(H,105,126)(H,106,127)(H,107,129)(H,108,125)(H,120,121)(H,122,123)/t58-,60-,65-,66-,67-,68-,69-,70-,71+,72-,73-,74+,75-,82-/m0/s1. The van der Waals surface area contributed by atoms with Gasteiger partial charge in [-0.25, -0.2) is 13.2 Å². The number of unbranched alkanes of at least 4 members (excludes halogenated alkanes) is 1. The first-order chi connectivity index (χ1) is 64.2. The maximum Gasteiger partial charge on any atom is 0.305 e. The van der Waals surface area contributed by atoms with Gasteiger partial charge in [0.05, 0.1) is 55.5 Å². The van der Waals surface area contributed by atoms with Crippen molar-refractivity contribution in [3.05, 3.63) is 173 Å². The molecule has 6 aromatic rings. The molecule has 42 heteroatoms. The number of aldehydes is 1. The smallest absolute Gasteiger partial charge is 0.305 e. The van der Waals surface area contributed by atoms with Gasteiger partial charge >= 0.3 is 11.9 Å². The van der Waals surface area contributed by atoms with Crippen LogP contribution < -0.4 is 59.7 Å². The lowest BCUT2D eigenvalue weighted by molar-refractivity contribution is -0.152. The fraction of sp³-hybridized carbons (Fsp3) is 0.473. The number of rotatable bonds is 53. The number of H-pyrrole nitrogens is 1. The first kappa shape index (κ1) is 107. The Morgan fingerprint density at radius 1 is 0.585 bits per heavy atom. The number of aromatic amines is 1. The van der Waals surface area contributed by atoms with Crippen molar-refractivity contribution in [3.63, 3.8) is 0 Å². The Kier molecular flexibility index (Phi) is 41.2. The Morgan fingerprint density at radius 2 is 1.16 bits per heavy atom. The van der Waals surface area contributed by atoms with Gasteiger partial charge in [-0.05, 0) is 116 Å². The van der Waals surface area contributed by atoms with Crippen molar-refractivity contribution < 1.29 is 115 Å². The number of primary amides is 1. The number of hydrogen-bond donors (Lipinski definition) is 16. The van der Waals surface area contributed by atoms with Gasteiger partial charge in [-0.1, -0.05) is 125 Å². The molecule has 38 nitrogen and oxygen atoms in total. The Bertz CT molecular complexity index is 5160. The highest BCUT2D eigenvalue weighted by atomic mass is 32.2. The zero-order valence-corrected chi connectivity index (χ0v) is 76.7. The summed E-state index contributed by atoms with van der Waals surface area (Å²) >= 11 is 0.640. The summed E-state index contributed by atoms with van der Waals surface area (Å²) in [6, 6.07) is 11.1. The van der Waals surface area contributed by atoms with Crippen LogP contribution in [0.2, 0.25) is 0 Å². The number of Topliss-reactive ketones (excluding diaryl/α,β-unsaturated/α-hetero) is 1. The summed E-state index contributed by atoms with van der Waals surface area (Å²) in [5, 5.41) is 62.2. The molecular weight excluding hydrogens is 1780 g/mol. The van der Waals surface area contributed by atoms with Crippen molar-refractivity contribution in [2.24, 2.45) is 23.1 Å². The number of β-amino-alcohol motifs (C(OH)–C–C–N with tert-alkyl or cyclic N) is 1. The molecule has 1 aromatic heterocycles. The number of likely N-dealkylation sites (N-methyl/N-ethyl adjacent to an activating group) is 3. The maximum atomic E-state index is 15.4. The van der Waals surface area contributed by atoms with Crippen LogP contribution in [0.1, 0.15) is 119 Å². The number of carboxylic acid groups (broad SMARTS) is 2. The summed E-state index contributed by atoms with van der Waals surface area (Å²) in [5.41, 5.74) is 19.8. The molecule has 8 rings (SSSR count). The number of para-hydroxylation sites is 1. The molecule has 19 N–H and O–H groups in total. The van der Waals surface area contributed by atoms with Crippen LogP contribution in [0.5, 0.6) is 5.75 Å². The predicted molar refractivity (Wildman–Crippen MR) is 488 cm³/mol. The van der Waals surface area contributed by atoms with Gasteiger partial charge < -0.3 is 109 Å². The number of phenolic OH excluding ortho intramolecular Hbond substituents is 1. The summed E-state index contributed by atoms with van der Waals surface area (Å²) in [7, 11) is 3.92. The van der Waals surface area contributed by atoms with Gasteiger partial charge in [-0.3, -0.25) is 82.0 Å². The third-order valence-corrected chi connectivity index (χ3v) is 24.6. The summed E-state index contributed by atoms with van der Waals surface area (Å²) in [6.07, 6.45) is -2.45. The molecule has 14 atom stereocenters. The van der Waals surface area contributed by atoms with E-state index in [2.05, 4.69) is 47.5 Å². The summed E-state index contributed by atoms with van der Waals surface area (Å²) in [6.45, 7) is 3.34. The lowest BCUT2D eigenvalue weighted by Gasteiger charge is -2.38. The van der Waals surface area contributed by atoms with E-state index >= 15 is 32.8 Å². The van der Waals surface area contributed by atoms with E-state index in [0.29, 0.717) is 76.3 Å². The van der Waals surface area contributed by atoms with Crippen molar-refractivity contribution in [2.75, 3.05) is 65.4 Å². The van der Waals surface area contributed by atoms with E-state index in [1.165, 1.54) is 55.2 Å². The molecule has 3 heterocycles. The number of carbonyl (C=O) groups excluding carboxylic acids is 15. The first-order valence-corrected chi connectivity index (χ1v) is 45.6. The maximum absolute atomic E-state index is 15.4. The minimum atomic E-state index is -1.87. The largest absolute Gasteiger partial charge is 0.508 e. The number of hydrogen-bond acceptors (Lipinski definition) is 23. The fourth-order valence-electron chi connectivity index (χ4n) is 16.0. The van der Waals surface area contributed by atoms with Gasteiger partial charge in [0.1, 0.15) is 66.4 Å². The van der Waals surface area contributed by atoms with Gasteiger partial charge in [0.2, 0.25) is 76.8 Å². The molecule has 0 saturated carbocycles. The van der Waals surface area contributed by atoms with E-state index in [1.807, 2.05) is 6.92 Å². The number of carbonyl (C=O) groups is 17. The number of nitrogens with one attached hydrogen (secondary N) is 9. The number of phenols is 1. The summed E-state index contributed by atoms with van der Waals surface area (Å²) in [5.74, 6) is -22.5. The van der Waals surface area contributed by atoms with Crippen LogP contribution in [0.15, 0.2) is 128 Å². The highest BCUT2D eigenvalue weighted by molar-refractivity contribution is 8.00. The molecule has 0 aliphatic carbocycles. The van der Waals surface area contributed by atoms with Crippen molar-refractivity contribution in [2.45, 2.75) is 208 Å². The van der Waals surface area contributed by atoms with Crippen LogP contribution in [-0.2, 0) is 114 Å². The van der Waals surface area contributed by atoms with Crippen LogP contribution in [0.25, 0.3) is 10.9 Å². The Morgan fingerprint density at radius 3 is 1.76 bits per heavy atom. The minimum absolute atomic E-state index is 0.00143. The van der Waals surface area contributed by atoms with E-state index in [0.717, 1.165) is 14.7 Å². The lowest BCUT2D eigenvalue weighted by Crippen LogP contribution is -2.60. The summed E-state index contributed by atoms with van der Waals surface area (Å²) in [4.78, 5) is 248.